The lowest BCUT2D eigenvalue weighted by Gasteiger charge is -2.19. The molecule has 0 aromatic heterocycles. The number of phenols is 1. The third kappa shape index (κ3) is 3.51. The predicted molar refractivity (Wildman–Crippen MR) is 81.9 cm³/mol. The molecule has 1 aromatic rings. The minimum absolute atomic E-state index is 0.0576. The Morgan fingerprint density at radius 2 is 2.05 bits per heavy atom. The topological polar surface area (TPSA) is 101 Å². The molecule has 1 aromatic carbocycles. The monoisotopic (exact) mass is 426 g/mol. The molecule has 3 N–H and O–H groups in total. The summed E-state index contributed by atoms with van der Waals surface area (Å²) in [6.07, 6.45) is 0.0972. The zero-order chi connectivity index (χ0) is 15.1. The lowest BCUT2D eigenvalue weighted by Crippen LogP contribution is -2.27. The first-order valence-electron chi connectivity index (χ1n) is 5.66. The number of aromatic hydroxyl groups is 1. The number of carbonyl (C=O) groups excluding carboxylic acids is 1. The Kier molecular flexibility index (Phi) is 4.43. The van der Waals surface area contributed by atoms with E-state index in [0.717, 1.165) is 0 Å². The summed E-state index contributed by atoms with van der Waals surface area (Å²) in [4.78, 5) is 13.4. The smallest absolute Gasteiger partial charge is 0.227 e. The highest BCUT2D eigenvalue weighted by molar-refractivity contribution is 9.11. The van der Waals surface area contributed by atoms with Crippen molar-refractivity contribution >= 4 is 53.5 Å². The highest BCUT2D eigenvalue weighted by Gasteiger charge is 2.34. The Balaban J connectivity index is 2.29. The number of amides is 1. The van der Waals surface area contributed by atoms with E-state index in [1.165, 1.54) is 4.90 Å². The van der Waals surface area contributed by atoms with Crippen molar-refractivity contribution in [1.82, 2.24) is 0 Å². The lowest BCUT2D eigenvalue weighted by molar-refractivity contribution is -0.117. The Bertz CT molecular complexity index is 663. The molecule has 1 unspecified atom stereocenters. The Labute approximate surface area is 133 Å². The van der Waals surface area contributed by atoms with Gasteiger partial charge in [-0.25, -0.2) is 13.6 Å². The van der Waals surface area contributed by atoms with Crippen LogP contribution in [0, 0.1) is 5.92 Å². The van der Waals surface area contributed by atoms with Crippen LogP contribution in [0.15, 0.2) is 21.1 Å². The second kappa shape index (κ2) is 5.63. The number of nitrogens with zero attached hydrogens (tertiary/aromatic N) is 1. The number of primary sulfonamides is 1. The summed E-state index contributed by atoms with van der Waals surface area (Å²) in [6.45, 7) is 0.214. The summed E-state index contributed by atoms with van der Waals surface area (Å²) in [5.41, 5.74) is 0.341. The predicted octanol–water partition coefficient (Wildman–Crippen LogP) is 1.56. The van der Waals surface area contributed by atoms with Gasteiger partial charge in [-0.05, 0) is 28.1 Å². The van der Waals surface area contributed by atoms with E-state index in [4.69, 9.17) is 5.14 Å². The first-order chi connectivity index (χ1) is 9.17. The van der Waals surface area contributed by atoms with Crippen LogP contribution in [-0.2, 0) is 14.8 Å². The van der Waals surface area contributed by atoms with Crippen LogP contribution >= 0.6 is 31.9 Å². The molecule has 1 heterocycles. The van der Waals surface area contributed by atoms with Gasteiger partial charge in [-0.15, -0.1) is 0 Å². The molecule has 0 aliphatic carbocycles. The first kappa shape index (κ1) is 15.7. The summed E-state index contributed by atoms with van der Waals surface area (Å²) in [5.74, 6) is -0.906. The highest BCUT2D eigenvalue weighted by Crippen LogP contribution is 2.40. The van der Waals surface area contributed by atoms with Gasteiger partial charge in [-0.1, -0.05) is 15.9 Å². The van der Waals surface area contributed by atoms with Crippen molar-refractivity contribution in [1.29, 1.82) is 0 Å². The van der Waals surface area contributed by atoms with Gasteiger partial charge in [0.1, 0.15) is 0 Å². The van der Waals surface area contributed by atoms with Crippen molar-refractivity contribution in [2.45, 2.75) is 6.42 Å². The fraction of sp³-hybridized carbons (Fsp3) is 0.364. The minimum atomic E-state index is -3.62. The number of benzene rings is 1. The summed E-state index contributed by atoms with van der Waals surface area (Å²) in [6, 6.07) is 3.26. The maximum atomic E-state index is 12.0. The van der Waals surface area contributed by atoms with Gasteiger partial charge < -0.3 is 10.0 Å². The van der Waals surface area contributed by atoms with Gasteiger partial charge >= 0.3 is 0 Å². The maximum absolute atomic E-state index is 12.0. The summed E-state index contributed by atoms with van der Waals surface area (Å²) in [7, 11) is -3.62. The third-order valence-electron chi connectivity index (χ3n) is 2.97. The molecule has 1 fully saturated rings. The molecule has 1 aliphatic heterocycles. The molecular formula is C11H12Br2N2O4S. The van der Waals surface area contributed by atoms with Crippen LogP contribution in [0.4, 0.5) is 5.69 Å². The Morgan fingerprint density at radius 1 is 1.40 bits per heavy atom. The number of nitrogens with two attached hydrogens (primary N) is 1. The quantitative estimate of drug-likeness (QED) is 0.764. The van der Waals surface area contributed by atoms with E-state index in [1.54, 1.807) is 12.1 Å². The second-order valence-corrected chi connectivity index (χ2v) is 8.09. The third-order valence-corrected chi connectivity index (χ3v) is 4.97. The van der Waals surface area contributed by atoms with Crippen molar-refractivity contribution < 1.29 is 18.3 Å². The molecule has 0 saturated carbocycles. The molecule has 0 spiro atoms. The van der Waals surface area contributed by atoms with E-state index < -0.39 is 10.0 Å². The molecule has 20 heavy (non-hydrogen) atoms. The normalized spacial score (nSPS) is 19.6. The van der Waals surface area contributed by atoms with Crippen molar-refractivity contribution in [3.8, 4) is 5.75 Å². The van der Waals surface area contributed by atoms with Crippen LogP contribution in [-0.4, -0.2) is 31.7 Å². The Morgan fingerprint density at radius 3 is 2.65 bits per heavy atom. The molecule has 9 heteroatoms. The molecule has 1 aliphatic rings. The lowest BCUT2D eigenvalue weighted by atomic mass is 10.1. The average Bonchev–Trinajstić information content (AvgIpc) is 2.62. The summed E-state index contributed by atoms with van der Waals surface area (Å²) < 4.78 is 23.3. The van der Waals surface area contributed by atoms with Crippen molar-refractivity contribution in [2.75, 3.05) is 17.2 Å². The van der Waals surface area contributed by atoms with E-state index >= 15 is 0 Å². The molecule has 6 nitrogen and oxygen atoms in total. The van der Waals surface area contributed by atoms with Crippen molar-refractivity contribution in [2.24, 2.45) is 11.1 Å². The molecule has 1 saturated heterocycles. The molecular weight excluding hydrogens is 416 g/mol. The largest absolute Gasteiger partial charge is 0.505 e. The van der Waals surface area contributed by atoms with Gasteiger partial charge in [0.05, 0.1) is 15.9 Å². The van der Waals surface area contributed by atoms with Crippen LogP contribution in [0.25, 0.3) is 0 Å². The Hall–Kier alpha value is -0.640. The average molecular weight is 428 g/mol. The van der Waals surface area contributed by atoms with Gasteiger partial charge in [-0.2, -0.15) is 0 Å². The van der Waals surface area contributed by atoms with E-state index in [0.29, 0.717) is 14.6 Å². The maximum Gasteiger partial charge on any atom is 0.227 e. The fourth-order valence-electron chi connectivity index (χ4n) is 2.21. The van der Waals surface area contributed by atoms with Crippen LogP contribution < -0.4 is 10.0 Å². The number of phenolic OH excluding ortho intramolecular Hbond substituents is 1. The van der Waals surface area contributed by atoms with Crippen molar-refractivity contribution in [3.63, 3.8) is 0 Å². The zero-order valence-corrected chi connectivity index (χ0v) is 14.2. The van der Waals surface area contributed by atoms with E-state index in [-0.39, 0.29) is 36.3 Å². The second-order valence-electron chi connectivity index (χ2n) is 4.66. The van der Waals surface area contributed by atoms with Crippen LogP contribution in [0.2, 0.25) is 0 Å². The number of halogens is 2. The van der Waals surface area contributed by atoms with Crippen LogP contribution in [0.1, 0.15) is 6.42 Å². The highest BCUT2D eigenvalue weighted by atomic mass is 79.9. The number of sulfonamides is 1. The standard InChI is InChI=1S/C11H12Br2N2O4S/c12-7-2-8(13)11(17)9(3-7)15-4-6(1-10(15)16)5-20(14,18)19/h2-3,6,17H,1,4-5H2,(H2,14,18,19). The van der Waals surface area contributed by atoms with Crippen LogP contribution in [0.5, 0.6) is 5.75 Å². The number of anilines is 1. The van der Waals surface area contributed by atoms with Gasteiger partial charge in [0.2, 0.25) is 15.9 Å². The first-order valence-corrected chi connectivity index (χ1v) is 8.96. The van der Waals surface area contributed by atoms with Gasteiger partial charge in [-0.3, -0.25) is 4.79 Å². The fourth-order valence-corrected chi connectivity index (χ4v) is 4.30. The minimum Gasteiger partial charge on any atom is -0.505 e. The van der Waals surface area contributed by atoms with Crippen molar-refractivity contribution in [3.05, 3.63) is 21.1 Å². The van der Waals surface area contributed by atoms with E-state index in [1.807, 2.05) is 0 Å². The SMILES string of the molecule is NS(=O)(=O)CC1CC(=O)N(c2cc(Br)cc(Br)c2O)C1. The molecule has 1 atom stereocenters. The summed E-state index contributed by atoms with van der Waals surface area (Å²) in [5, 5.41) is 15.0. The van der Waals surface area contributed by atoms with Gasteiger partial charge in [0.25, 0.3) is 0 Å². The summed E-state index contributed by atoms with van der Waals surface area (Å²) >= 11 is 6.48. The van der Waals surface area contributed by atoms with E-state index in [2.05, 4.69) is 31.9 Å². The number of carbonyl (C=O) groups is 1. The molecule has 0 bridgehead atoms. The van der Waals surface area contributed by atoms with E-state index in [9.17, 15) is 18.3 Å². The molecule has 110 valence electrons. The molecule has 0 radical (unpaired) electrons. The number of rotatable bonds is 3. The van der Waals surface area contributed by atoms with Gasteiger partial charge in [0.15, 0.2) is 5.75 Å². The molecule has 1 amide bonds. The van der Waals surface area contributed by atoms with Crippen LogP contribution in [0.3, 0.4) is 0 Å². The number of hydrogen-bond donors (Lipinski definition) is 2. The molecule has 2 rings (SSSR count). The number of hydrogen-bond acceptors (Lipinski definition) is 4. The van der Waals surface area contributed by atoms with Gasteiger partial charge in [0, 0.05) is 23.4 Å². The zero-order valence-electron chi connectivity index (χ0n) is 10.2.